The van der Waals surface area contributed by atoms with Crippen molar-refractivity contribution in [2.75, 3.05) is 6.54 Å². The molecule has 0 spiro atoms. The molecule has 2 nitrogen and oxygen atoms in total. The third kappa shape index (κ3) is 3.85. The molecule has 1 aliphatic rings. The molecule has 0 aromatic heterocycles. The zero-order chi connectivity index (χ0) is 12.8. The first-order valence-electron chi connectivity index (χ1n) is 7.01. The van der Waals surface area contributed by atoms with E-state index in [-0.39, 0.29) is 5.92 Å². The number of hydrogen-bond donors (Lipinski definition) is 1. The van der Waals surface area contributed by atoms with Gasteiger partial charge in [-0.05, 0) is 24.3 Å². The van der Waals surface area contributed by atoms with Crippen LogP contribution in [-0.2, 0) is 0 Å². The summed E-state index contributed by atoms with van der Waals surface area (Å²) in [4.78, 5) is 0. The molecule has 1 aliphatic carbocycles. The number of nitriles is 1. The topological polar surface area (TPSA) is 35.8 Å². The van der Waals surface area contributed by atoms with E-state index in [4.69, 9.17) is 0 Å². The molecule has 18 heavy (non-hydrogen) atoms. The van der Waals surface area contributed by atoms with Crippen molar-refractivity contribution in [2.24, 2.45) is 5.92 Å². The van der Waals surface area contributed by atoms with Crippen molar-refractivity contribution in [1.82, 2.24) is 5.32 Å². The maximum absolute atomic E-state index is 9.27. The third-order valence-electron chi connectivity index (χ3n) is 3.78. The molecule has 1 aromatic rings. The van der Waals surface area contributed by atoms with Crippen LogP contribution in [0.2, 0.25) is 0 Å². The first kappa shape index (κ1) is 13.1. The molecule has 1 fully saturated rings. The molecule has 0 radical (unpaired) electrons. The van der Waals surface area contributed by atoms with Gasteiger partial charge in [0.05, 0.1) is 12.0 Å². The lowest BCUT2D eigenvalue weighted by Gasteiger charge is -2.19. The Hall–Kier alpha value is -1.33. The summed E-state index contributed by atoms with van der Waals surface area (Å²) in [5, 5.41) is 12.8. The first-order chi connectivity index (χ1) is 8.83. The van der Waals surface area contributed by atoms with Crippen molar-refractivity contribution in [2.45, 2.75) is 44.6 Å². The van der Waals surface area contributed by atoms with Gasteiger partial charge in [-0.1, -0.05) is 50.1 Å². The average molecular weight is 242 g/mol. The maximum Gasteiger partial charge on any atom is 0.0837 e. The Morgan fingerprint density at radius 1 is 1.33 bits per heavy atom. The Labute approximate surface area is 110 Å². The van der Waals surface area contributed by atoms with Gasteiger partial charge in [0.2, 0.25) is 0 Å². The highest BCUT2D eigenvalue weighted by Gasteiger charge is 2.24. The number of nitrogens with one attached hydrogen (secondary N) is 1. The van der Waals surface area contributed by atoms with Gasteiger partial charge in [-0.25, -0.2) is 0 Å². The summed E-state index contributed by atoms with van der Waals surface area (Å²) < 4.78 is 0. The van der Waals surface area contributed by atoms with Crippen LogP contribution in [0.3, 0.4) is 0 Å². The van der Waals surface area contributed by atoms with E-state index in [1.54, 1.807) is 0 Å². The van der Waals surface area contributed by atoms with Gasteiger partial charge in [0.1, 0.15) is 0 Å². The molecule has 2 atom stereocenters. The molecular formula is C16H22N2. The second kappa shape index (κ2) is 6.56. The van der Waals surface area contributed by atoms with Crippen LogP contribution in [-0.4, -0.2) is 12.6 Å². The molecule has 2 heteroatoms. The van der Waals surface area contributed by atoms with Crippen molar-refractivity contribution < 1.29 is 0 Å². The van der Waals surface area contributed by atoms with Crippen LogP contribution in [0.1, 0.15) is 44.1 Å². The number of benzene rings is 1. The van der Waals surface area contributed by atoms with Gasteiger partial charge in [0.25, 0.3) is 0 Å². The van der Waals surface area contributed by atoms with Crippen molar-refractivity contribution in [3.63, 3.8) is 0 Å². The van der Waals surface area contributed by atoms with Gasteiger partial charge in [-0.2, -0.15) is 5.26 Å². The van der Waals surface area contributed by atoms with Crippen LogP contribution in [0.15, 0.2) is 30.3 Å². The summed E-state index contributed by atoms with van der Waals surface area (Å²) in [5.41, 5.74) is 1.12. The fourth-order valence-corrected chi connectivity index (χ4v) is 2.36. The Kier molecular flexibility index (Phi) is 4.78. The van der Waals surface area contributed by atoms with Gasteiger partial charge in [-0.15, -0.1) is 0 Å². The summed E-state index contributed by atoms with van der Waals surface area (Å²) in [6.07, 6.45) is 5.24. The third-order valence-corrected chi connectivity index (χ3v) is 3.78. The van der Waals surface area contributed by atoms with Crippen LogP contribution in [0.4, 0.5) is 0 Å². The minimum absolute atomic E-state index is 0.0283. The average Bonchev–Trinajstić information content (AvgIpc) is 3.23. The van der Waals surface area contributed by atoms with E-state index in [2.05, 4.69) is 18.3 Å². The van der Waals surface area contributed by atoms with E-state index in [1.807, 2.05) is 30.3 Å². The monoisotopic (exact) mass is 242 g/mol. The fourth-order valence-electron chi connectivity index (χ4n) is 2.36. The van der Waals surface area contributed by atoms with E-state index < -0.39 is 0 Å². The zero-order valence-corrected chi connectivity index (χ0v) is 11.1. The van der Waals surface area contributed by atoms with E-state index in [0.29, 0.717) is 6.04 Å². The summed E-state index contributed by atoms with van der Waals surface area (Å²) in [6.45, 7) is 3.00. The quantitative estimate of drug-likeness (QED) is 0.794. The Morgan fingerprint density at radius 2 is 2.06 bits per heavy atom. The molecule has 2 unspecified atom stereocenters. The molecule has 0 saturated heterocycles. The Bertz CT molecular complexity index is 389. The smallest absolute Gasteiger partial charge is 0.0837 e. The molecule has 1 N–H and O–H groups in total. The van der Waals surface area contributed by atoms with E-state index >= 15 is 0 Å². The molecule has 96 valence electrons. The molecule has 0 aliphatic heterocycles. The Balaban J connectivity index is 1.84. The minimum Gasteiger partial charge on any atom is -0.312 e. The normalized spacial score (nSPS) is 18.0. The molecular weight excluding hydrogens is 220 g/mol. The summed E-state index contributed by atoms with van der Waals surface area (Å²) in [7, 11) is 0. The standard InChI is InChI=1S/C16H22N2/c1-2-16(10-13-8-9-13)18-12-15(11-17)14-6-4-3-5-7-14/h3-7,13,15-16,18H,2,8-10,12H2,1H3. The van der Waals surface area contributed by atoms with Gasteiger partial charge in [-0.3, -0.25) is 0 Å². The van der Waals surface area contributed by atoms with Crippen LogP contribution >= 0.6 is 0 Å². The van der Waals surface area contributed by atoms with Gasteiger partial charge in [0.15, 0.2) is 0 Å². The second-order valence-corrected chi connectivity index (χ2v) is 5.28. The second-order valence-electron chi connectivity index (χ2n) is 5.28. The van der Waals surface area contributed by atoms with E-state index in [0.717, 1.165) is 24.4 Å². The highest BCUT2D eigenvalue weighted by atomic mass is 14.9. The van der Waals surface area contributed by atoms with Gasteiger partial charge >= 0.3 is 0 Å². The SMILES string of the molecule is CCC(CC1CC1)NCC(C#N)c1ccccc1. The van der Waals surface area contributed by atoms with Crippen molar-refractivity contribution in [3.8, 4) is 6.07 Å². The molecule has 1 aromatic carbocycles. The van der Waals surface area contributed by atoms with E-state index in [1.165, 1.54) is 19.3 Å². The van der Waals surface area contributed by atoms with Crippen molar-refractivity contribution >= 4 is 0 Å². The van der Waals surface area contributed by atoms with Crippen LogP contribution < -0.4 is 5.32 Å². The Morgan fingerprint density at radius 3 is 2.61 bits per heavy atom. The highest BCUT2D eigenvalue weighted by Crippen LogP contribution is 2.34. The molecule has 2 rings (SSSR count). The lowest BCUT2D eigenvalue weighted by atomic mass is 9.99. The zero-order valence-electron chi connectivity index (χ0n) is 11.1. The van der Waals surface area contributed by atoms with Gasteiger partial charge < -0.3 is 5.32 Å². The lowest BCUT2D eigenvalue weighted by Crippen LogP contribution is -2.32. The summed E-state index contributed by atoms with van der Waals surface area (Å²) >= 11 is 0. The number of nitrogens with zero attached hydrogens (tertiary/aromatic N) is 1. The van der Waals surface area contributed by atoms with Crippen LogP contribution in [0.25, 0.3) is 0 Å². The van der Waals surface area contributed by atoms with Crippen molar-refractivity contribution in [1.29, 1.82) is 5.26 Å². The largest absolute Gasteiger partial charge is 0.312 e. The minimum atomic E-state index is -0.0283. The number of rotatable bonds is 7. The van der Waals surface area contributed by atoms with Crippen LogP contribution in [0.5, 0.6) is 0 Å². The number of hydrogen-bond acceptors (Lipinski definition) is 2. The molecule has 0 heterocycles. The highest BCUT2D eigenvalue weighted by molar-refractivity contribution is 5.25. The summed E-state index contributed by atoms with van der Waals surface area (Å²) in [6, 6.07) is 13.1. The summed E-state index contributed by atoms with van der Waals surface area (Å²) in [5.74, 6) is 0.916. The molecule has 0 bridgehead atoms. The van der Waals surface area contributed by atoms with E-state index in [9.17, 15) is 5.26 Å². The predicted molar refractivity (Wildman–Crippen MR) is 74.2 cm³/mol. The molecule has 1 saturated carbocycles. The first-order valence-corrected chi connectivity index (χ1v) is 7.01. The predicted octanol–water partition coefficient (Wildman–Crippen LogP) is 3.46. The molecule has 0 amide bonds. The lowest BCUT2D eigenvalue weighted by molar-refractivity contribution is 0.441. The van der Waals surface area contributed by atoms with Crippen LogP contribution in [0, 0.1) is 17.2 Å². The maximum atomic E-state index is 9.27. The van der Waals surface area contributed by atoms with Gasteiger partial charge in [0, 0.05) is 12.6 Å². The fraction of sp³-hybridized carbons (Fsp3) is 0.562. The van der Waals surface area contributed by atoms with Crippen molar-refractivity contribution in [3.05, 3.63) is 35.9 Å².